The van der Waals surface area contributed by atoms with Gasteiger partial charge in [-0.05, 0) is 48.0 Å². The monoisotopic (exact) mass is 327 g/mol. The first-order valence-electron chi connectivity index (χ1n) is 8.17. The van der Waals surface area contributed by atoms with Crippen molar-refractivity contribution in [2.45, 2.75) is 6.61 Å². The van der Waals surface area contributed by atoms with E-state index in [4.69, 9.17) is 9.47 Å². The van der Waals surface area contributed by atoms with Crippen molar-refractivity contribution in [1.29, 1.82) is 0 Å². The number of pyridine rings is 1. The fourth-order valence-corrected chi connectivity index (χ4v) is 2.63. The molecule has 0 saturated carbocycles. The molecule has 0 radical (unpaired) electrons. The van der Waals surface area contributed by atoms with Gasteiger partial charge in [-0.3, -0.25) is 4.98 Å². The third kappa shape index (κ3) is 3.61. The molecule has 0 amide bonds. The van der Waals surface area contributed by atoms with Gasteiger partial charge in [0.1, 0.15) is 23.9 Å². The topological polar surface area (TPSA) is 31.4 Å². The largest absolute Gasteiger partial charge is 0.489 e. The minimum Gasteiger partial charge on any atom is -0.489 e. The molecule has 122 valence electrons. The van der Waals surface area contributed by atoms with Crippen LogP contribution in [0, 0.1) is 0 Å². The zero-order valence-electron chi connectivity index (χ0n) is 13.6. The number of para-hydroxylation sites is 1. The van der Waals surface area contributed by atoms with Crippen LogP contribution in [0.5, 0.6) is 17.2 Å². The summed E-state index contributed by atoms with van der Waals surface area (Å²) >= 11 is 0. The van der Waals surface area contributed by atoms with Gasteiger partial charge in [0.2, 0.25) is 0 Å². The lowest BCUT2D eigenvalue weighted by atomic mass is 10.2. The Morgan fingerprint density at radius 2 is 1.40 bits per heavy atom. The van der Waals surface area contributed by atoms with Crippen LogP contribution in [0.4, 0.5) is 0 Å². The predicted octanol–water partition coefficient (Wildman–Crippen LogP) is 5.61. The number of aromatic nitrogens is 1. The number of rotatable bonds is 5. The molecular weight excluding hydrogens is 310 g/mol. The van der Waals surface area contributed by atoms with E-state index in [2.05, 4.69) is 4.98 Å². The molecule has 0 atom stereocenters. The molecule has 0 saturated heterocycles. The van der Waals surface area contributed by atoms with Gasteiger partial charge in [0.05, 0.1) is 5.52 Å². The van der Waals surface area contributed by atoms with Crippen molar-refractivity contribution in [3.05, 3.63) is 96.7 Å². The Labute approximate surface area is 146 Å². The van der Waals surface area contributed by atoms with Crippen molar-refractivity contribution in [2.24, 2.45) is 0 Å². The lowest BCUT2D eigenvalue weighted by Gasteiger charge is -2.10. The predicted molar refractivity (Wildman–Crippen MR) is 99.0 cm³/mol. The highest BCUT2D eigenvalue weighted by Crippen LogP contribution is 2.29. The van der Waals surface area contributed by atoms with Gasteiger partial charge in [0.15, 0.2) is 0 Å². The molecule has 1 aromatic heterocycles. The number of fused-ring (bicyclic) bond motifs is 1. The Morgan fingerprint density at radius 1 is 0.680 bits per heavy atom. The second kappa shape index (κ2) is 7.05. The van der Waals surface area contributed by atoms with Gasteiger partial charge in [-0.15, -0.1) is 0 Å². The van der Waals surface area contributed by atoms with Crippen LogP contribution in [-0.2, 0) is 6.61 Å². The highest BCUT2D eigenvalue weighted by Gasteiger charge is 2.04. The smallest absolute Gasteiger partial charge is 0.138 e. The van der Waals surface area contributed by atoms with Crippen molar-refractivity contribution in [3.8, 4) is 17.2 Å². The molecule has 0 unspecified atom stereocenters. The van der Waals surface area contributed by atoms with E-state index in [1.807, 2.05) is 84.9 Å². The zero-order valence-corrected chi connectivity index (χ0v) is 13.6. The molecule has 0 aliphatic carbocycles. The lowest BCUT2D eigenvalue weighted by Crippen LogP contribution is -1.94. The van der Waals surface area contributed by atoms with E-state index >= 15 is 0 Å². The van der Waals surface area contributed by atoms with Gasteiger partial charge >= 0.3 is 0 Å². The molecule has 0 bridgehead atoms. The second-order valence-corrected chi connectivity index (χ2v) is 5.67. The SMILES string of the molecule is c1ccc(COc2ccc(Oc3ccnc4ccccc34)cc2)cc1. The van der Waals surface area contributed by atoms with Gasteiger partial charge < -0.3 is 9.47 Å². The van der Waals surface area contributed by atoms with Crippen LogP contribution >= 0.6 is 0 Å². The maximum absolute atomic E-state index is 6.01. The number of nitrogens with zero attached hydrogens (tertiary/aromatic N) is 1. The number of benzene rings is 3. The first kappa shape index (κ1) is 15.2. The minimum absolute atomic E-state index is 0.552. The molecule has 4 rings (SSSR count). The highest BCUT2D eigenvalue weighted by molar-refractivity contribution is 5.84. The quantitative estimate of drug-likeness (QED) is 0.478. The van der Waals surface area contributed by atoms with Gasteiger partial charge in [0, 0.05) is 11.6 Å². The molecule has 1 heterocycles. The summed E-state index contributed by atoms with van der Waals surface area (Å²) in [6.07, 6.45) is 1.76. The van der Waals surface area contributed by atoms with Crippen LogP contribution in [0.25, 0.3) is 10.9 Å². The van der Waals surface area contributed by atoms with Crippen LogP contribution in [0.15, 0.2) is 91.1 Å². The summed E-state index contributed by atoms with van der Waals surface area (Å²) in [6, 6.07) is 27.6. The van der Waals surface area contributed by atoms with Crippen molar-refractivity contribution >= 4 is 10.9 Å². The second-order valence-electron chi connectivity index (χ2n) is 5.67. The van der Waals surface area contributed by atoms with E-state index in [1.54, 1.807) is 6.20 Å². The number of hydrogen-bond donors (Lipinski definition) is 0. The van der Waals surface area contributed by atoms with E-state index in [1.165, 1.54) is 0 Å². The van der Waals surface area contributed by atoms with Crippen LogP contribution in [0.1, 0.15) is 5.56 Å². The summed E-state index contributed by atoms with van der Waals surface area (Å²) in [4.78, 5) is 4.35. The van der Waals surface area contributed by atoms with Crippen molar-refractivity contribution in [2.75, 3.05) is 0 Å². The standard InChI is InChI=1S/C22H17NO2/c1-2-6-17(7-3-1)16-24-18-10-12-19(13-11-18)25-22-14-15-23-21-9-5-4-8-20(21)22/h1-15H,16H2. The Hall–Kier alpha value is -3.33. The summed E-state index contributed by atoms with van der Waals surface area (Å²) in [7, 11) is 0. The van der Waals surface area contributed by atoms with Gasteiger partial charge in [0.25, 0.3) is 0 Å². The minimum atomic E-state index is 0.552. The fraction of sp³-hybridized carbons (Fsp3) is 0.0455. The molecule has 3 nitrogen and oxygen atoms in total. The number of hydrogen-bond acceptors (Lipinski definition) is 3. The lowest BCUT2D eigenvalue weighted by molar-refractivity contribution is 0.306. The normalized spacial score (nSPS) is 10.6. The fourth-order valence-electron chi connectivity index (χ4n) is 2.63. The van der Waals surface area contributed by atoms with Gasteiger partial charge in [-0.2, -0.15) is 0 Å². The number of ether oxygens (including phenoxy) is 2. The maximum atomic E-state index is 6.01. The van der Waals surface area contributed by atoms with Crippen molar-refractivity contribution in [3.63, 3.8) is 0 Å². The molecular formula is C22H17NO2. The van der Waals surface area contributed by atoms with Crippen LogP contribution < -0.4 is 9.47 Å². The summed E-state index contributed by atoms with van der Waals surface area (Å²) in [5.74, 6) is 2.38. The Balaban J connectivity index is 1.47. The van der Waals surface area contributed by atoms with E-state index in [0.29, 0.717) is 6.61 Å². The van der Waals surface area contributed by atoms with E-state index in [0.717, 1.165) is 33.7 Å². The van der Waals surface area contributed by atoms with Gasteiger partial charge in [-0.1, -0.05) is 42.5 Å². The first-order chi connectivity index (χ1) is 12.4. The summed E-state index contributed by atoms with van der Waals surface area (Å²) in [5.41, 5.74) is 2.06. The average molecular weight is 327 g/mol. The Morgan fingerprint density at radius 3 is 2.24 bits per heavy atom. The molecule has 3 aromatic carbocycles. The van der Waals surface area contributed by atoms with Crippen LogP contribution in [0.2, 0.25) is 0 Å². The zero-order chi connectivity index (χ0) is 16.9. The Bertz CT molecular complexity index is 961. The van der Waals surface area contributed by atoms with E-state index < -0.39 is 0 Å². The van der Waals surface area contributed by atoms with E-state index in [-0.39, 0.29) is 0 Å². The Kier molecular flexibility index (Phi) is 4.29. The summed E-state index contributed by atoms with van der Waals surface area (Å²) < 4.78 is 11.8. The molecule has 4 aromatic rings. The first-order valence-corrected chi connectivity index (χ1v) is 8.17. The molecule has 0 aliphatic rings. The third-order valence-corrected chi connectivity index (χ3v) is 3.91. The highest BCUT2D eigenvalue weighted by atomic mass is 16.5. The third-order valence-electron chi connectivity index (χ3n) is 3.91. The van der Waals surface area contributed by atoms with Gasteiger partial charge in [-0.25, -0.2) is 0 Å². The van der Waals surface area contributed by atoms with Crippen molar-refractivity contribution < 1.29 is 9.47 Å². The molecule has 0 spiro atoms. The van der Waals surface area contributed by atoms with E-state index in [9.17, 15) is 0 Å². The summed E-state index contributed by atoms with van der Waals surface area (Å²) in [6.45, 7) is 0.552. The molecule has 0 N–H and O–H groups in total. The van der Waals surface area contributed by atoms with Crippen LogP contribution in [-0.4, -0.2) is 4.98 Å². The average Bonchev–Trinajstić information content (AvgIpc) is 2.69. The molecule has 0 fully saturated rings. The summed E-state index contributed by atoms with van der Waals surface area (Å²) in [5, 5.41) is 0.995. The molecule has 25 heavy (non-hydrogen) atoms. The molecule has 0 aliphatic heterocycles. The maximum Gasteiger partial charge on any atom is 0.138 e. The van der Waals surface area contributed by atoms with Crippen molar-refractivity contribution in [1.82, 2.24) is 4.98 Å². The van der Waals surface area contributed by atoms with Crippen LogP contribution in [0.3, 0.4) is 0 Å². The molecule has 3 heteroatoms.